The van der Waals surface area contributed by atoms with Crippen LogP contribution in [0.2, 0.25) is 0 Å². The quantitative estimate of drug-likeness (QED) is 0.468. The van der Waals surface area contributed by atoms with Gasteiger partial charge in [-0.3, -0.25) is 4.79 Å². The third-order valence-corrected chi connectivity index (χ3v) is 1.60. The van der Waals surface area contributed by atoms with E-state index in [1.807, 2.05) is 0 Å². The van der Waals surface area contributed by atoms with Crippen LogP contribution in [0.1, 0.15) is 6.42 Å². The Bertz CT molecular complexity index is 143. The average Bonchev–Trinajstić information content (AvgIpc) is 1.64. The highest BCUT2D eigenvalue weighted by Gasteiger charge is 2.09. The van der Waals surface area contributed by atoms with Gasteiger partial charge in [0.25, 0.3) is 0 Å². The summed E-state index contributed by atoms with van der Waals surface area (Å²) in [6.07, 6.45) is 0.340. The van der Waals surface area contributed by atoms with Crippen LogP contribution >= 0.6 is 11.9 Å². The maximum absolute atomic E-state index is 10.5. The summed E-state index contributed by atoms with van der Waals surface area (Å²) >= 11 is 1.22. The first-order valence-corrected chi connectivity index (χ1v) is 3.19. The van der Waals surface area contributed by atoms with E-state index in [9.17, 15) is 4.79 Å². The third kappa shape index (κ3) is 1.23. The number of hydrogen-bond donors (Lipinski definition) is 1. The number of rotatable bonds is 0. The summed E-state index contributed by atoms with van der Waals surface area (Å²) in [5, 5.41) is 0. The van der Waals surface area contributed by atoms with Gasteiger partial charge in [0.2, 0.25) is 0 Å². The lowest BCUT2D eigenvalue weighted by Crippen LogP contribution is -2.20. The second-order valence-electron chi connectivity index (χ2n) is 1.57. The first-order valence-electron chi connectivity index (χ1n) is 2.25. The zero-order valence-corrected chi connectivity index (χ0v) is 5.07. The fraction of sp³-hybridized carbons (Fsp3) is 0.500. The Morgan fingerprint density at radius 1 is 1.75 bits per heavy atom. The van der Waals surface area contributed by atoms with E-state index >= 15 is 0 Å². The van der Waals surface area contributed by atoms with Crippen molar-refractivity contribution >= 4 is 23.6 Å². The van der Waals surface area contributed by atoms with Crippen molar-refractivity contribution in [3.05, 3.63) is 0 Å². The van der Waals surface area contributed by atoms with Crippen LogP contribution in [-0.2, 0) is 4.79 Å². The number of carbonyl (C=O) groups excluding carboxylic acids is 1. The highest BCUT2D eigenvalue weighted by atomic mass is 32.2. The fourth-order valence-corrected chi connectivity index (χ4v) is 1.01. The van der Waals surface area contributed by atoms with E-state index in [4.69, 9.17) is 5.73 Å². The van der Waals surface area contributed by atoms with E-state index in [1.165, 1.54) is 11.9 Å². The summed E-state index contributed by atoms with van der Waals surface area (Å²) < 4.78 is 3.77. The van der Waals surface area contributed by atoms with Crippen LogP contribution in [0.15, 0.2) is 4.40 Å². The lowest BCUT2D eigenvalue weighted by Gasteiger charge is -2.03. The average molecular weight is 130 g/mol. The van der Waals surface area contributed by atoms with Gasteiger partial charge in [-0.25, -0.2) is 4.40 Å². The Labute approximate surface area is 51.5 Å². The molecule has 4 heteroatoms. The summed E-state index contributed by atoms with van der Waals surface area (Å²) in [5.41, 5.74) is 5.23. The number of nitrogens with zero attached hydrogens (tertiary/aromatic N) is 1. The van der Waals surface area contributed by atoms with E-state index in [0.717, 1.165) is 0 Å². The molecule has 0 atom stereocenters. The van der Waals surface area contributed by atoms with Gasteiger partial charge in [-0.1, -0.05) is 0 Å². The van der Waals surface area contributed by atoms with Crippen molar-refractivity contribution in [2.45, 2.75) is 6.42 Å². The Hall–Kier alpha value is -0.510. The molecule has 0 spiro atoms. The van der Waals surface area contributed by atoms with Crippen molar-refractivity contribution in [1.82, 2.24) is 0 Å². The molecule has 0 aromatic rings. The molecular formula is C4H6N2OS. The van der Waals surface area contributed by atoms with Crippen molar-refractivity contribution in [3.8, 4) is 0 Å². The van der Waals surface area contributed by atoms with Crippen LogP contribution in [-0.4, -0.2) is 17.4 Å². The van der Waals surface area contributed by atoms with Gasteiger partial charge in [-0.15, -0.1) is 0 Å². The highest BCUT2D eigenvalue weighted by molar-refractivity contribution is 7.98. The van der Waals surface area contributed by atoms with E-state index in [-0.39, 0.29) is 5.78 Å². The molecule has 0 fully saturated rings. The zero-order valence-electron chi connectivity index (χ0n) is 4.26. The molecule has 3 nitrogen and oxygen atoms in total. The zero-order chi connectivity index (χ0) is 5.98. The molecular weight excluding hydrogens is 124 g/mol. The van der Waals surface area contributed by atoms with Crippen LogP contribution in [0.25, 0.3) is 0 Å². The molecule has 1 heterocycles. The summed E-state index contributed by atoms with van der Waals surface area (Å²) in [5.74, 6) is 1.11. The molecule has 0 aliphatic carbocycles. The van der Waals surface area contributed by atoms with E-state index in [0.29, 0.717) is 18.0 Å². The van der Waals surface area contributed by atoms with Crippen molar-refractivity contribution < 1.29 is 4.79 Å². The van der Waals surface area contributed by atoms with Crippen LogP contribution in [0.3, 0.4) is 0 Å². The van der Waals surface area contributed by atoms with E-state index in [2.05, 4.69) is 4.40 Å². The van der Waals surface area contributed by atoms with Gasteiger partial charge < -0.3 is 5.73 Å². The lowest BCUT2D eigenvalue weighted by atomic mass is 10.3. The lowest BCUT2D eigenvalue weighted by molar-refractivity contribution is -0.115. The Kier molecular flexibility index (Phi) is 1.53. The molecule has 0 aromatic heterocycles. The molecule has 0 saturated heterocycles. The van der Waals surface area contributed by atoms with Gasteiger partial charge in [0.05, 0.1) is 12.2 Å². The third-order valence-electron chi connectivity index (χ3n) is 0.786. The number of hydrogen-bond acceptors (Lipinski definition) is 4. The van der Waals surface area contributed by atoms with E-state index < -0.39 is 0 Å². The first-order chi connectivity index (χ1) is 3.79. The molecule has 1 aliphatic heterocycles. The topological polar surface area (TPSA) is 55.4 Å². The molecule has 8 heavy (non-hydrogen) atoms. The fourth-order valence-electron chi connectivity index (χ4n) is 0.472. The minimum atomic E-state index is 0.169. The molecule has 0 aromatic carbocycles. The molecule has 0 radical (unpaired) electrons. The molecule has 44 valence electrons. The Balaban J connectivity index is 2.57. The first kappa shape index (κ1) is 5.62. The van der Waals surface area contributed by atoms with Crippen molar-refractivity contribution in [3.63, 3.8) is 0 Å². The van der Waals surface area contributed by atoms with Crippen LogP contribution in [0.5, 0.6) is 0 Å². The van der Waals surface area contributed by atoms with Gasteiger partial charge in [-0.2, -0.15) is 0 Å². The maximum atomic E-state index is 10.5. The maximum Gasteiger partial charge on any atom is 0.152 e. The highest BCUT2D eigenvalue weighted by Crippen LogP contribution is 2.09. The predicted octanol–water partition coefficient (Wildman–Crippen LogP) is -0.0354. The van der Waals surface area contributed by atoms with Gasteiger partial charge >= 0.3 is 0 Å². The summed E-state index contributed by atoms with van der Waals surface area (Å²) in [6, 6.07) is 0. The molecule has 0 amide bonds. The van der Waals surface area contributed by atoms with E-state index in [1.54, 1.807) is 0 Å². The SMILES string of the molecule is NC1=NSCC(=O)C1. The molecule has 1 rings (SSSR count). The number of carbonyl (C=O) groups is 1. The normalized spacial score (nSPS) is 20.5. The molecule has 1 aliphatic rings. The molecule has 2 N–H and O–H groups in total. The summed E-state index contributed by atoms with van der Waals surface area (Å²) in [6.45, 7) is 0. The van der Waals surface area contributed by atoms with Crippen molar-refractivity contribution in [2.24, 2.45) is 10.1 Å². The van der Waals surface area contributed by atoms with Gasteiger partial charge in [-0.05, 0) is 11.9 Å². The number of nitrogens with two attached hydrogens (primary N) is 1. The van der Waals surface area contributed by atoms with Crippen LogP contribution < -0.4 is 5.73 Å². The molecule has 0 saturated carbocycles. The Morgan fingerprint density at radius 3 is 2.88 bits per heavy atom. The largest absolute Gasteiger partial charge is 0.386 e. The second kappa shape index (κ2) is 2.17. The predicted molar refractivity (Wildman–Crippen MR) is 33.7 cm³/mol. The summed E-state index contributed by atoms with van der Waals surface area (Å²) in [4.78, 5) is 10.5. The minimum Gasteiger partial charge on any atom is -0.386 e. The number of ketones is 1. The number of Topliss-reactive ketones (excluding diaryl/α,β-unsaturated/α-hetero) is 1. The molecule has 0 unspecified atom stereocenters. The van der Waals surface area contributed by atoms with Gasteiger partial charge in [0.15, 0.2) is 5.78 Å². The second-order valence-corrected chi connectivity index (χ2v) is 2.30. The van der Waals surface area contributed by atoms with Crippen molar-refractivity contribution in [2.75, 3.05) is 5.75 Å². The minimum absolute atomic E-state index is 0.169. The monoisotopic (exact) mass is 130 g/mol. The standard InChI is InChI=1S/C4H6N2OS/c5-4-1-3(7)2-8-6-4/h1-2H2,(H2,5,6). The summed E-state index contributed by atoms with van der Waals surface area (Å²) in [7, 11) is 0. The van der Waals surface area contributed by atoms with Crippen LogP contribution in [0.4, 0.5) is 0 Å². The smallest absolute Gasteiger partial charge is 0.152 e. The Morgan fingerprint density at radius 2 is 2.50 bits per heavy atom. The van der Waals surface area contributed by atoms with Crippen molar-refractivity contribution in [1.29, 1.82) is 0 Å². The van der Waals surface area contributed by atoms with Crippen LogP contribution in [0, 0.1) is 0 Å². The number of amidine groups is 1. The van der Waals surface area contributed by atoms with Gasteiger partial charge in [0.1, 0.15) is 5.84 Å². The van der Waals surface area contributed by atoms with Gasteiger partial charge in [0, 0.05) is 0 Å². The molecule has 0 bridgehead atoms.